The van der Waals surface area contributed by atoms with Gasteiger partial charge in [-0.1, -0.05) is 35.3 Å². The highest BCUT2D eigenvalue weighted by Gasteiger charge is 2.11. The Morgan fingerprint density at radius 1 is 1.32 bits per heavy atom. The van der Waals surface area contributed by atoms with Gasteiger partial charge in [0, 0.05) is 4.88 Å². The van der Waals surface area contributed by atoms with E-state index in [0.717, 1.165) is 10.4 Å². The molecule has 0 aliphatic heterocycles. The Labute approximate surface area is 126 Å². The van der Waals surface area contributed by atoms with Crippen molar-refractivity contribution in [3.8, 4) is 0 Å². The second-order valence-electron chi connectivity index (χ2n) is 4.23. The van der Waals surface area contributed by atoms with Gasteiger partial charge in [-0.05, 0) is 36.1 Å². The highest BCUT2D eigenvalue weighted by molar-refractivity contribution is 7.10. The van der Waals surface area contributed by atoms with E-state index >= 15 is 0 Å². The van der Waals surface area contributed by atoms with E-state index in [1.807, 2.05) is 30.5 Å². The van der Waals surface area contributed by atoms with Crippen LogP contribution in [0.4, 0.5) is 0 Å². The molecule has 0 saturated carbocycles. The Balaban J connectivity index is 1.95. The summed E-state index contributed by atoms with van der Waals surface area (Å²) in [6, 6.07) is 9.24. The molecule has 1 atom stereocenters. The fourth-order valence-corrected chi connectivity index (χ4v) is 2.79. The average molecular weight is 314 g/mol. The van der Waals surface area contributed by atoms with Crippen LogP contribution in [0.25, 0.3) is 0 Å². The van der Waals surface area contributed by atoms with Crippen molar-refractivity contribution in [2.24, 2.45) is 0 Å². The van der Waals surface area contributed by atoms with Crippen LogP contribution in [0.2, 0.25) is 10.0 Å². The molecule has 1 heterocycles. The van der Waals surface area contributed by atoms with Gasteiger partial charge >= 0.3 is 0 Å². The first-order valence-corrected chi connectivity index (χ1v) is 7.46. The standard InChI is InChI=1S/C14H13Cl2NOS/c1-9(13-3-2-6-19-13)17-14(18)8-10-4-5-11(15)12(16)7-10/h2-7,9H,8H2,1H3,(H,17,18)/t9-/m1/s1. The van der Waals surface area contributed by atoms with Gasteiger partial charge in [-0.3, -0.25) is 4.79 Å². The van der Waals surface area contributed by atoms with Crippen LogP contribution in [0, 0.1) is 0 Å². The lowest BCUT2D eigenvalue weighted by Crippen LogP contribution is -2.27. The zero-order chi connectivity index (χ0) is 13.8. The van der Waals surface area contributed by atoms with E-state index < -0.39 is 0 Å². The molecule has 0 aliphatic rings. The minimum absolute atomic E-state index is 0.0234. The van der Waals surface area contributed by atoms with Gasteiger partial charge in [0.1, 0.15) is 0 Å². The third kappa shape index (κ3) is 3.96. The molecule has 0 aliphatic carbocycles. The van der Waals surface area contributed by atoms with Crippen molar-refractivity contribution in [1.29, 1.82) is 0 Å². The zero-order valence-corrected chi connectivity index (χ0v) is 12.6. The normalized spacial score (nSPS) is 12.2. The maximum Gasteiger partial charge on any atom is 0.224 e. The summed E-state index contributed by atoms with van der Waals surface area (Å²) >= 11 is 13.4. The molecule has 1 aromatic carbocycles. The maximum absolute atomic E-state index is 11.9. The van der Waals surface area contributed by atoms with E-state index in [1.54, 1.807) is 23.5 Å². The monoisotopic (exact) mass is 313 g/mol. The van der Waals surface area contributed by atoms with Gasteiger partial charge in [-0.15, -0.1) is 11.3 Å². The molecule has 0 unspecified atom stereocenters. The lowest BCUT2D eigenvalue weighted by molar-refractivity contribution is -0.121. The van der Waals surface area contributed by atoms with Crippen molar-refractivity contribution in [3.05, 3.63) is 56.2 Å². The Kier molecular flexibility index (Phi) is 4.86. The number of amides is 1. The number of carbonyl (C=O) groups excluding carboxylic acids is 1. The van der Waals surface area contributed by atoms with Crippen LogP contribution in [0.1, 0.15) is 23.4 Å². The van der Waals surface area contributed by atoms with Gasteiger partial charge in [0.15, 0.2) is 0 Å². The Hall–Kier alpha value is -1.03. The van der Waals surface area contributed by atoms with Crippen LogP contribution in [-0.2, 0) is 11.2 Å². The molecule has 1 N–H and O–H groups in total. The summed E-state index contributed by atoms with van der Waals surface area (Å²) in [4.78, 5) is 13.1. The number of nitrogens with one attached hydrogen (secondary N) is 1. The Morgan fingerprint density at radius 3 is 2.74 bits per heavy atom. The van der Waals surface area contributed by atoms with Crippen LogP contribution in [-0.4, -0.2) is 5.91 Å². The third-order valence-corrected chi connectivity index (χ3v) is 4.49. The molecule has 2 aromatic rings. The highest BCUT2D eigenvalue weighted by Crippen LogP contribution is 2.23. The second-order valence-corrected chi connectivity index (χ2v) is 6.02. The van der Waals surface area contributed by atoms with E-state index in [0.29, 0.717) is 16.5 Å². The lowest BCUT2D eigenvalue weighted by atomic mass is 10.1. The summed E-state index contributed by atoms with van der Waals surface area (Å²) in [6.07, 6.45) is 0.298. The minimum atomic E-state index is -0.0284. The van der Waals surface area contributed by atoms with Gasteiger partial charge in [-0.25, -0.2) is 0 Å². The van der Waals surface area contributed by atoms with Gasteiger partial charge in [-0.2, -0.15) is 0 Å². The smallest absolute Gasteiger partial charge is 0.224 e. The molecule has 0 radical (unpaired) electrons. The third-order valence-electron chi connectivity index (χ3n) is 2.70. The summed E-state index contributed by atoms with van der Waals surface area (Å²) in [5, 5.41) is 5.93. The molecule has 0 bridgehead atoms. The predicted molar refractivity (Wildman–Crippen MR) is 81.0 cm³/mol. The fourth-order valence-electron chi connectivity index (χ4n) is 1.74. The molecular weight excluding hydrogens is 301 g/mol. The lowest BCUT2D eigenvalue weighted by Gasteiger charge is -2.12. The van der Waals surface area contributed by atoms with Crippen molar-refractivity contribution in [2.75, 3.05) is 0 Å². The number of halogens is 2. The number of benzene rings is 1. The van der Waals surface area contributed by atoms with E-state index in [-0.39, 0.29) is 11.9 Å². The van der Waals surface area contributed by atoms with Gasteiger partial charge < -0.3 is 5.32 Å². The topological polar surface area (TPSA) is 29.1 Å². The largest absolute Gasteiger partial charge is 0.348 e. The van der Waals surface area contributed by atoms with Crippen molar-refractivity contribution in [3.63, 3.8) is 0 Å². The summed E-state index contributed by atoms with van der Waals surface area (Å²) < 4.78 is 0. The van der Waals surface area contributed by atoms with Crippen LogP contribution in [0.15, 0.2) is 35.7 Å². The van der Waals surface area contributed by atoms with Crippen molar-refractivity contribution < 1.29 is 4.79 Å². The maximum atomic E-state index is 11.9. The molecule has 19 heavy (non-hydrogen) atoms. The first kappa shape index (κ1) is 14.4. The SMILES string of the molecule is C[C@@H](NC(=O)Cc1ccc(Cl)c(Cl)c1)c1cccs1. The Bertz CT molecular complexity index is 569. The minimum Gasteiger partial charge on any atom is -0.348 e. The molecule has 2 nitrogen and oxygen atoms in total. The van der Waals surface area contributed by atoms with Gasteiger partial charge in [0.2, 0.25) is 5.91 Å². The second kappa shape index (κ2) is 6.42. The number of carbonyl (C=O) groups is 1. The molecule has 2 rings (SSSR count). The number of hydrogen-bond donors (Lipinski definition) is 1. The van der Waals surface area contributed by atoms with E-state index in [4.69, 9.17) is 23.2 Å². The number of thiophene rings is 1. The molecule has 0 fully saturated rings. The van der Waals surface area contributed by atoms with Crippen LogP contribution >= 0.6 is 34.5 Å². The molecule has 5 heteroatoms. The molecule has 100 valence electrons. The molecule has 1 aromatic heterocycles. The van der Waals surface area contributed by atoms with E-state index in [9.17, 15) is 4.79 Å². The number of rotatable bonds is 4. The highest BCUT2D eigenvalue weighted by atomic mass is 35.5. The van der Waals surface area contributed by atoms with E-state index in [2.05, 4.69) is 5.32 Å². The van der Waals surface area contributed by atoms with Crippen molar-refractivity contribution >= 4 is 40.4 Å². The molecular formula is C14H13Cl2NOS. The van der Waals surface area contributed by atoms with Crippen LogP contribution < -0.4 is 5.32 Å². The van der Waals surface area contributed by atoms with Gasteiger partial charge in [0.25, 0.3) is 0 Å². The zero-order valence-electron chi connectivity index (χ0n) is 10.3. The quantitative estimate of drug-likeness (QED) is 0.886. The first-order chi connectivity index (χ1) is 9.06. The predicted octanol–water partition coefficient (Wildman–Crippen LogP) is 4.47. The average Bonchev–Trinajstić information content (AvgIpc) is 2.87. The summed E-state index contributed by atoms with van der Waals surface area (Å²) in [5.74, 6) is -0.0284. The molecule has 1 amide bonds. The summed E-state index contributed by atoms with van der Waals surface area (Å²) in [6.45, 7) is 1.97. The van der Waals surface area contributed by atoms with Crippen LogP contribution in [0.5, 0.6) is 0 Å². The molecule has 0 spiro atoms. The van der Waals surface area contributed by atoms with Crippen molar-refractivity contribution in [2.45, 2.75) is 19.4 Å². The Morgan fingerprint density at radius 2 is 2.11 bits per heavy atom. The van der Waals surface area contributed by atoms with Crippen LogP contribution in [0.3, 0.4) is 0 Å². The summed E-state index contributed by atoms with van der Waals surface area (Å²) in [5.41, 5.74) is 0.852. The van der Waals surface area contributed by atoms with E-state index in [1.165, 1.54) is 0 Å². The first-order valence-electron chi connectivity index (χ1n) is 5.83. The molecule has 0 saturated heterocycles. The van der Waals surface area contributed by atoms with Gasteiger partial charge in [0.05, 0.1) is 22.5 Å². The fraction of sp³-hybridized carbons (Fsp3) is 0.214. The summed E-state index contributed by atoms with van der Waals surface area (Å²) in [7, 11) is 0. The van der Waals surface area contributed by atoms with Crippen molar-refractivity contribution in [1.82, 2.24) is 5.32 Å². The number of hydrogen-bond acceptors (Lipinski definition) is 2.